The fraction of sp³-hybridized carbons (Fsp3) is 0.184. The molecule has 482 valence electrons. The van der Waals surface area contributed by atoms with Crippen molar-refractivity contribution in [2.24, 2.45) is 0 Å². The van der Waals surface area contributed by atoms with E-state index in [0.717, 1.165) is 44.6 Å². The molecule has 4 saturated heterocycles. The number of ether oxygens (including phenoxy) is 1. The number of piperidine rings is 3. The molecular weight excluding hydrogens is 1320 g/mol. The van der Waals surface area contributed by atoms with Crippen LogP contribution >= 0.6 is 0 Å². The van der Waals surface area contributed by atoms with Crippen LogP contribution < -0.4 is 10.6 Å². The largest absolute Gasteiger partial charge is 0.359 e. The summed E-state index contributed by atoms with van der Waals surface area (Å²) in [6.07, 6.45) is 16.3. The SMILES string of the molecule is O=C1CCN(S(=O)(=O)c2ccc(F)cc2)CC1.O=C1CCNCC1.O=S(=O)(c1ccc(F)cc1)N1CCC2(CC1)NCCO2.[C-]#CC#CC#CC#CC#CC#CC#CC#CC#CC#CC#CC#CC#CC#CC.[C-]#CC#CC#CC#CC#CC#CC#CC#CC#CC#CC#CC#CC#CC#C[CH2-]. The van der Waals surface area contributed by atoms with Gasteiger partial charge in [-0.3, -0.25) is 32.7 Å². The Bertz CT molecular complexity index is 5410. The molecule has 4 aliphatic rings. The van der Waals surface area contributed by atoms with Gasteiger partial charge in [-0.25, -0.2) is 43.4 Å². The molecule has 0 amide bonds. The second-order valence-corrected chi connectivity index (χ2v) is 21.6. The van der Waals surface area contributed by atoms with E-state index >= 15 is 0 Å². The van der Waals surface area contributed by atoms with E-state index < -0.39 is 31.7 Å². The molecule has 0 aliphatic carbocycles. The van der Waals surface area contributed by atoms with Gasteiger partial charge in [0, 0.05) is 155 Å². The third-order valence-electron chi connectivity index (χ3n) is 11.1. The maximum absolute atomic E-state index is 12.9. The Kier molecular flexibility index (Phi) is 44.9. The summed E-state index contributed by atoms with van der Waals surface area (Å²) in [7, 11) is -7.13. The van der Waals surface area contributed by atoms with E-state index in [1.807, 2.05) is 11.8 Å². The van der Waals surface area contributed by atoms with Crippen molar-refractivity contribution in [1.82, 2.24) is 19.2 Å². The summed E-state index contributed by atoms with van der Waals surface area (Å²) < 4.78 is 83.1. The molecule has 0 saturated carbocycles. The third kappa shape index (κ3) is 41.6. The summed E-state index contributed by atoms with van der Waals surface area (Å²) >= 11 is 0. The lowest BCUT2D eigenvalue weighted by atomic mass is 10.0. The summed E-state index contributed by atoms with van der Waals surface area (Å²) in [5.74, 6) is 132. The maximum Gasteiger partial charge on any atom is 0.243 e. The number of Topliss-reactive ketones (excluding diaryl/α,β-unsaturated/α-hetero) is 2. The van der Waals surface area contributed by atoms with Crippen LogP contribution in [-0.4, -0.2) is 95.2 Å². The van der Waals surface area contributed by atoms with Gasteiger partial charge in [0.2, 0.25) is 20.0 Å². The zero-order chi connectivity index (χ0) is 74.0. The number of hydrogen-bond acceptors (Lipinski definition) is 9. The molecule has 0 radical (unpaired) electrons. The standard InChI is InChI=1S/C29H3.C29H2.C13H17FN2O3S.C11H12FNO3S.C5H9NO/c2*1-3-5-7-9-11-13-15-17-19-21-23-25-27-29-28-26-24-22-20-18-16-14-12-10-8-6-4-2;14-11-1-3-12(4-2-11)20(17,18)16-8-5-13(6-9-16)15-7-10-19-13;12-9-1-3-11(4-2-9)17(15,16)13-7-5-10(14)6-8-13;7-5-1-3-6-4-2-5/h1H3;1H2;1-4,15H,5-10H2;1-4H,5-8H2;6H,1-4H2/q-1;-2;;;. The van der Waals surface area contributed by atoms with E-state index in [2.05, 4.69) is 325 Å². The third-order valence-corrected chi connectivity index (χ3v) is 15.0. The Hall–Kier alpha value is -15.1. The van der Waals surface area contributed by atoms with Crippen LogP contribution in [0.2, 0.25) is 0 Å². The number of carbonyl (C=O) groups excluding carboxylic acids is 2. The van der Waals surface area contributed by atoms with Gasteiger partial charge in [-0.1, -0.05) is 5.92 Å². The molecule has 11 nitrogen and oxygen atoms in total. The van der Waals surface area contributed by atoms with Crippen molar-refractivity contribution >= 4 is 31.6 Å². The first-order valence-electron chi connectivity index (χ1n) is 28.9. The van der Waals surface area contributed by atoms with E-state index in [9.17, 15) is 35.2 Å². The van der Waals surface area contributed by atoms with Gasteiger partial charge in [0.25, 0.3) is 0 Å². The number of benzene rings is 2. The van der Waals surface area contributed by atoms with E-state index in [1.54, 1.807) is 6.92 Å². The Balaban J connectivity index is 0.000000453. The molecular formula is C87H43F2N4O7S2-3. The van der Waals surface area contributed by atoms with E-state index in [1.165, 1.54) is 45.0 Å². The van der Waals surface area contributed by atoms with Gasteiger partial charge in [0.1, 0.15) is 28.9 Å². The molecule has 0 aromatic heterocycles. The first-order chi connectivity index (χ1) is 49.7. The molecule has 2 aromatic rings. The number of hydrogen-bond donors (Lipinski definition) is 2. The van der Waals surface area contributed by atoms with Crippen molar-refractivity contribution in [3.8, 4) is 320 Å². The fourth-order valence-electron chi connectivity index (χ4n) is 6.78. The van der Waals surface area contributed by atoms with E-state index in [0.29, 0.717) is 38.3 Å². The molecule has 0 unspecified atom stereocenters. The maximum atomic E-state index is 12.9. The van der Waals surface area contributed by atoms with Crippen LogP contribution in [0.5, 0.6) is 0 Å². The molecule has 2 N–H and O–H groups in total. The minimum atomic E-state index is -3.59. The highest BCUT2D eigenvalue weighted by atomic mass is 32.2. The van der Waals surface area contributed by atoms with Crippen molar-refractivity contribution < 1.29 is 39.9 Å². The van der Waals surface area contributed by atoms with Crippen molar-refractivity contribution in [2.45, 2.75) is 61.0 Å². The average molecular weight is 1360 g/mol. The highest BCUT2D eigenvalue weighted by Crippen LogP contribution is 2.30. The van der Waals surface area contributed by atoms with Gasteiger partial charge in [-0.05, 0) is 245 Å². The molecule has 0 bridgehead atoms. The molecule has 6 rings (SSSR count). The second-order valence-electron chi connectivity index (χ2n) is 17.7. The fourth-order valence-corrected chi connectivity index (χ4v) is 9.67. The van der Waals surface area contributed by atoms with Crippen LogP contribution in [-0.2, 0) is 34.4 Å². The van der Waals surface area contributed by atoms with Crippen molar-refractivity contribution in [3.63, 3.8) is 0 Å². The number of nitrogens with zero attached hydrogens (tertiary/aromatic N) is 2. The number of carbonyl (C=O) groups is 2. The highest BCUT2D eigenvalue weighted by molar-refractivity contribution is 7.89. The van der Waals surface area contributed by atoms with Gasteiger partial charge in [-0.15, -0.1) is 17.8 Å². The molecule has 1 spiro atoms. The van der Waals surface area contributed by atoms with Gasteiger partial charge in [0.15, 0.2) is 0 Å². The second kappa shape index (κ2) is 55.2. The predicted molar refractivity (Wildman–Crippen MR) is 385 cm³/mol. The lowest BCUT2D eigenvalue weighted by Crippen LogP contribution is -2.52. The van der Waals surface area contributed by atoms with Crippen LogP contribution in [0, 0.1) is 351 Å². The number of nitrogens with one attached hydrogen (secondary N) is 2. The zero-order valence-corrected chi connectivity index (χ0v) is 55.7. The molecule has 102 heavy (non-hydrogen) atoms. The number of sulfonamides is 2. The Morgan fingerprint density at radius 2 is 0.637 bits per heavy atom. The Labute approximate surface area is 600 Å². The highest BCUT2D eigenvalue weighted by Gasteiger charge is 2.41. The van der Waals surface area contributed by atoms with Crippen LogP contribution in [0.4, 0.5) is 8.78 Å². The minimum Gasteiger partial charge on any atom is -0.359 e. The molecule has 4 fully saturated rings. The first-order valence-corrected chi connectivity index (χ1v) is 31.8. The topological polar surface area (TPSA) is 142 Å². The molecule has 4 aliphatic heterocycles. The summed E-state index contributed by atoms with van der Waals surface area (Å²) in [5.41, 5.74) is -0.352. The number of halogens is 2. The lowest BCUT2D eigenvalue weighted by Gasteiger charge is -2.37. The van der Waals surface area contributed by atoms with Crippen LogP contribution in [0.1, 0.15) is 45.4 Å². The normalized spacial score (nSPS) is 11.3. The summed E-state index contributed by atoms with van der Waals surface area (Å²) in [4.78, 5) is 21.7. The average Bonchev–Trinajstić information content (AvgIpc) is 1.19. The zero-order valence-electron chi connectivity index (χ0n) is 54.0. The summed E-state index contributed by atoms with van der Waals surface area (Å²) in [5, 5.41) is 6.39. The van der Waals surface area contributed by atoms with E-state index in [4.69, 9.17) is 17.6 Å². The number of ketones is 2. The van der Waals surface area contributed by atoms with Crippen molar-refractivity contribution in [3.05, 3.63) is 79.9 Å². The summed E-state index contributed by atoms with van der Waals surface area (Å²) in [6.45, 7) is 9.48. The van der Waals surface area contributed by atoms with Gasteiger partial charge in [0.05, 0.1) is 16.4 Å². The lowest BCUT2D eigenvalue weighted by molar-refractivity contribution is -0.121. The van der Waals surface area contributed by atoms with Gasteiger partial charge >= 0.3 is 0 Å². The van der Waals surface area contributed by atoms with Crippen LogP contribution in [0.15, 0.2) is 58.3 Å². The monoisotopic (exact) mass is 1360 g/mol. The molecule has 15 heteroatoms. The van der Waals surface area contributed by atoms with Crippen LogP contribution in [0.25, 0.3) is 0 Å². The Morgan fingerprint density at radius 1 is 0.382 bits per heavy atom. The van der Waals surface area contributed by atoms with Crippen molar-refractivity contribution in [1.29, 1.82) is 0 Å². The summed E-state index contributed by atoms with van der Waals surface area (Å²) in [6, 6.07) is 9.64. The number of rotatable bonds is 4. The molecule has 2 aromatic carbocycles. The van der Waals surface area contributed by atoms with Crippen molar-refractivity contribution in [2.75, 3.05) is 52.4 Å². The minimum absolute atomic E-state index is 0.0632. The molecule has 0 atom stereocenters. The van der Waals surface area contributed by atoms with Crippen LogP contribution in [0.3, 0.4) is 0 Å². The van der Waals surface area contributed by atoms with E-state index in [-0.39, 0.29) is 47.2 Å². The first kappa shape index (κ1) is 83.0. The van der Waals surface area contributed by atoms with Gasteiger partial charge in [-0.2, -0.15) is 15.5 Å². The Morgan fingerprint density at radius 3 is 0.873 bits per heavy atom. The van der Waals surface area contributed by atoms with Gasteiger partial charge < -0.3 is 22.9 Å². The predicted octanol–water partition coefficient (Wildman–Crippen LogP) is 3.14. The molecule has 4 heterocycles. The quantitative estimate of drug-likeness (QED) is 0.349. The smallest absolute Gasteiger partial charge is 0.243 e.